The van der Waals surface area contributed by atoms with Crippen LogP contribution in [0.5, 0.6) is 0 Å². The first-order valence-electron chi connectivity index (χ1n) is 4.22. The molecule has 0 aliphatic heterocycles. The molecule has 3 N–H and O–H groups in total. The predicted molar refractivity (Wildman–Crippen MR) is 54.2 cm³/mol. The molecule has 0 heterocycles. The minimum absolute atomic E-state index is 0.210. The monoisotopic (exact) mass is 221 g/mol. The first-order chi connectivity index (χ1) is 6.47. The second-order valence-electron chi connectivity index (χ2n) is 3.00. The van der Waals surface area contributed by atoms with Crippen molar-refractivity contribution in [2.75, 3.05) is 12.4 Å². The largest absolute Gasteiger partial charge is 0.480 e. The van der Waals surface area contributed by atoms with Crippen LogP contribution in [0, 0.1) is 0 Å². The van der Waals surface area contributed by atoms with Crippen LogP contribution >= 0.6 is 11.8 Å². The molecule has 0 saturated carbocycles. The van der Waals surface area contributed by atoms with Gasteiger partial charge in [0.15, 0.2) is 0 Å². The smallest absolute Gasteiger partial charge is 0.328 e. The Bertz CT molecular complexity index is 208. The van der Waals surface area contributed by atoms with Crippen LogP contribution < -0.4 is 5.32 Å². The second kappa shape index (κ2) is 6.67. The molecule has 6 heteroatoms. The molecule has 0 aromatic rings. The maximum Gasteiger partial charge on any atom is 0.328 e. The zero-order valence-corrected chi connectivity index (χ0v) is 9.00. The van der Waals surface area contributed by atoms with Crippen molar-refractivity contribution >= 4 is 23.6 Å². The molecule has 82 valence electrons. The summed E-state index contributed by atoms with van der Waals surface area (Å²) in [6, 6.07) is -1.20. The number of thioether (sulfide) groups is 1. The number of hydrogen-bond donors (Lipinski definition) is 3. The van der Waals surface area contributed by atoms with E-state index in [1.54, 1.807) is 0 Å². The molecule has 5 nitrogen and oxygen atoms in total. The molecular formula is C8H15NO4S. The first-order valence-corrected chi connectivity index (χ1v) is 5.27. The normalized spacial score (nSPS) is 12.6. The summed E-state index contributed by atoms with van der Waals surface area (Å²) in [5.74, 6) is -1.39. The Morgan fingerprint density at radius 2 is 2.00 bits per heavy atom. The SMILES string of the molecule is CC(C)SCC(=O)N[C@@H](CO)C(=O)O. The number of carbonyl (C=O) groups is 2. The summed E-state index contributed by atoms with van der Waals surface area (Å²) in [6.07, 6.45) is 0. The van der Waals surface area contributed by atoms with E-state index in [1.165, 1.54) is 11.8 Å². The van der Waals surface area contributed by atoms with E-state index in [-0.39, 0.29) is 11.7 Å². The molecule has 1 atom stereocenters. The van der Waals surface area contributed by atoms with Gasteiger partial charge >= 0.3 is 5.97 Å². The van der Waals surface area contributed by atoms with Crippen LogP contribution in [0.3, 0.4) is 0 Å². The quantitative estimate of drug-likeness (QED) is 0.572. The average Bonchev–Trinajstić information content (AvgIpc) is 2.10. The van der Waals surface area contributed by atoms with Crippen molar-refractivity contribution in [1.82, 2.24) is 5.32 Å². The maximum absolute atomic E-state index is 11.1. The molecule has 14 heavy (non-hydrogen) atoms. The summed E-state index contributed by atoms with van der Waals surface area (Å²) in [5, 5.41) is 19.7. The summed E-state index contributed by atoms with van der Waals surface area (Å²) >= 11 is 1.42. The number of nitrogens with one attached hydrogen (secondary N) is 1. The summed E-state index contributed by atoms with van der Waals surface area (Å²) in [6.45, 7) is 3.30. The van der Waals surface area contributed by atoms with Crippen molar-refractivity contribution in [2.24, 2.45) is 0 Å². The van der Waals surface area contributed by atoms with E-state index in [0.717, 1.165) is 0 Å². The first kappa shape index (κ1) is 13.2. The lowest BCUT2D eigenvalue weighted by Gasteiger charge is -2.11. The number of hydrogen-bond acceptors (Lipinski definition) is 4. The van der Waals surface area contributed by atoms with Gasteiger partial charge < -0.3 is 15.5 Å². The van der Waals surface area contributed by atoms with Crippen molar-refractivity contribution < 1.29 is 19.8 Å². The lowest BCUT2D eigenvalue weighted by Crippen LogP contribution is -2.44. The summed E-state index contributed by atoms with van der Waals surface area (Å²) in [7, 11) is 0. The number of aliphatic carboxylic acids is 1. The number of carboxylic acids is 1. The third-order valence-corrected chi connectivity index (χ3v) is 2.46. The van der Waals surface area contributed by atoms with Gasteiger partial charge in [0.2, 0.25) is 5.91 Å². The van der Waals surface area contributed by atoms with Gasteiger partial charge in [0.25, 0.3) is 0 Å². The molecule has 0 spiro atoms. The fourth-order valence-electron chi connectivity index (χ4n) is 0.664. The molecule has 0 aromatic carbocycles. The van der Waals surface area contributed by atoms with Gasteiger partial charge in [0, 0.05) is 0 Å². The van der Waals surface area contributed by atoms with Crippen LogP contribution in [0.15, 0.2) is 0 Å². The van der Waals surface area contributed by atoms with E-state index in [0.29, 0.717) is 5.25 Å². The number of amides is 1. The molecule has 0 aliphatic carbocycles. The van der Waals surface area contributed by atoms with E-state index >= 15 is 0 Å². The molecule has 0 rings (SSSR count). The van der Waals surface area contributed by atoms with Crippen molar-refractivity contribution in [2.45, 2.75) is 25.1 Å². The molecule has 0 aromatic heterocycles. The van der Waals surface area contributed by atoms with Crippen molar-refractivity contribution in [3.63, 3.8) is 0 Å². The number of rotatable bonds is 6. The fourth-order valence-corrected chi connectivity index (χ4v) is 1.23. The highest BCUT2D eigenvalue weighted by Gasteiger charge is 2.18. The van der Waals surface area contributed by atoms with Gasteiger partial charge in [0.1, 0.15) is 6.04 Å². The van der Waals surface area contributed by atoms with Gasteiger partial charge in [-0.1, -0.05) is 13.8 Å². The molecule has 0 saturated heterocycles. The third kappa shape index (κ3) is 5.82. The molecular weight excluding hydrogens is 206 g/mol. The van der Waals surface area contributed by atoms with Gasteiger partial charge in [-0.3, -0.25) is 4.79 Å². The summed E-state index contributed by atoms with van der Waals surface area (Å²) in [5.41, 5.74) is 0. The van der Waals surface area contributed by atoms with Crippen LogP contribution in [0.1, 0.15) is 13.8 Å². The van der Waals surface area contributed by atoms with E-state index < -0.39 is 18.6 Å². The minimum Gasteiger partial charge on any atom is -0.480 e. The highest BCUT2D eigenvalue weighted by Crippen LogP contribution is 2.07. The second-order valence-corrected chi connectivity index (χ2v) is 4.57. The van der Waals surface area contributed by atoms with Gasteiger partial charge in [-0.15, -0.1) is 11.8 Å². The summed E-state index contributed by atoms with van der Waals surface area (Å²) < 4.78 is 0. The van der Waals surface area contributed by atoms with Gasteiger partial charge in [0.05, 0.1) is 12.4 Å². The Morgan fingerprint density at radius 1 is 1.43 bits per heavy atom. The van der Waals surface area contributed by atoms with Crippen molar-refractivity contribution in [3.05, 3.63) is 0 Å². The number of carboxylic acid groups (broad SMARTS) is 1. The standard InChI is InChI=1S/C8H15NO4S/c1-5(2)14-4-7(11)9-6(3-10)8(12)13/h5-6,10H,3-4H2,1-2H3,(H,9,11)(H,12,13)/t6-/m0/s1. The van der Waals surface area contributed by atoms with Gasteiger partial charge in [-0.05, 0) is 5.25 Å². The zero-order chi connectivity index (χ0) is 11.1. The van der Waals surface area contributed by atoms with Crippen LogP contribution in [-0.2, 0) is 9.59 Å². The zero-order valence-electron chi connectivity index (χ0n) is 8.19. The third-order valence-electron chi connectivity index (χ3n) is 1.36. The maximum atomic E-state index is 11.1. The van der Waals surface area contributed by atoms with Crippen LogP contribution in [0.4, 0.5) is 0 Å². The van der Waals surface area contributed by atoms with Crippen LogP contribution in [-0.4, -0.2) is 45.7 Å². The molecule has 0 bridgehead atoms. The Balaban J connectivity index is 3.85. The van der Waals surface area contributed by atoms with E-state index in [9.17, 15) is 9.59 Å². The van der Waals surface area contributed by atoms with E-state index in [4.69, 9.17) is 10.2 Å². The Hall–Kier alpha value is -0.750. The average molecular weight is 221 g/mol. The molecule has 0 unspecified atom stereocenters. The topological polar surface area (TPSA) is 86.6 Å². The minimum atomic E-state index is -1.23. The Kier molecular flexibility index (Phi) is 6.31. The van der Waals surface area contributed by atoms with Crippen molar-refractivity contribution in [3.8, 4) is 0 Å². The van der Waals surface area contributed by atoms with Crippen LogP contribution in [0.2, 0.25) is 0 Å². The lowest BCUT2D eigenvalue weighted by atomic mass is 10.3. The summed E-state index contributed by atoms with van der Waals surface area (Å²) in [4.78, 5) is 21.5. The van der Waals surface area contributed by atoms with Crippen LogP contribution in [0.25, 0.3) is 0 Å². The highest BCUT2D eigenvalue weighted by molar-refractivity contribution is 8.00. The molecule has 0 aliphatic rings. The van der Waals surface area contributed by atoms with Crippen molar-refractivity contribution in [1.29, 1.82) is 0 Å². The number of aliphatic hydroxyl groups is 1. The lowest BCUT2D eigenvalue weighted by molar-refractivity contribution is -0.142. The fraction of sp³-hybridized carbons (Fsp3) is 0.750. The van der Waals surface area contributed by atoms with E-state index in [1.807, 2.05) is 13.8 Å². The Morgan fingerprint density at radius 3 is 2.36 bits per heavy atom. The number of carbonyl (C=O) groups excluding carboxylic acids is 1. The molecule has 1 amide bonds. The predicted octanol–water partition coefficient (Wildman–Crippen LogP) is -0.310. The highest BCUT2D eigenvalue weighted by atomic mass is 32.2. The van der Waals surface area contributed by atoms with Gasteiger partial charge in [-0.2, -0.15) is 0 Å². The van der Waals surface area contributed by atoms with E-state index in [2.05, 4.69) is 5.32 Å². The van der Waals surface area contributed by atoms with Gasteiger partial charge in [-0.25, -0.2) is 4.79 Å². The number of aliphatic hydroxyl groups excluding tert-OH is 1. The Labute approximate surface area is 86.9 Å². The molecule has 0 radical (unpaired) electrons. The molecule has 0 fully saturated rings.